The molecular weight excluding hydrogens is 326 g/mol. The lowest BCUT2D eigenvalue weighted by Gasteiger charge is -2.22. The van der Waals surface area contributed by atoms with Crippen molar-refractivity contribution in [1.82, 2.24) is 15.6 Å². The SMILES string of the molecule is Cc1ccc([C@](C)(O)CNC(=O)N[C@H](C)c2csc(C3CC3)n2)o1. The number of rotatable bonds is 6. The molecule has 0 aliphatic heterocycles. The lowest BCUT2D eigenvalue weighted by Crippen LogP contribution is -2.44. The Morgan fingerprint density at radius 2 is 2.29 bits per heavy atom. The van der Waals surface area contributed by atoms with Crippen LogP contribution >= 0.6 is 11.3 Å². The van der Waals surface area contributed by atoms with Gasteiger partial charge in [-0.05, 0) is 45.7 Å². The number of furan rings is 1. The van der Waals surface area contributed by atoms with Gasteiger partial charge in [-0.2, -0.15) is 0 Å². The molecule has 1 aliphatic rings. The fourth-order valence-electron chi connectivity index (χ4n) is 2.40. The molecule has 2 atom stereocenters. The molecule has 0 saturated heterocycles. The van der Waals surface area contributed by atoms with E-state index in [-0.39, 0.29) is 18.6 Å². The van der Waals surface area contributed by atoms with Crippen molar-refractivity contribution in [2.24, 2.45) is 0 Å². The minimum Gasteiger partial charge on any atom is -0.463 e. The molecule has 24 heavy (non-hydrogen) atoms. The number of thiazole rings is 1. The summed E-state index contributed by atoms with van der Waals surface area (Å²) in [5.41, 5.74) is -0.375. The van der Waals surface area contributed by atoms with Crippen molar-refractivity contribution in [3.05, 3.63) is 39.7 Å². The van der Waals surface area contributed by atoms with Gasteiger partial charge < -0.3 is 20.2 Å². The molecule has 6 nitrogen and oxygen atoms in total. The minimum absolute atomic E-state index is 0.0584. The number of urea groups is 1. The summed E-state index contributed by atoms with van der Waals surface area (Å²) >= 11 is 1.66. The van der Waals surface area contributed by atoms with E-state index < -0.39 is 5.60 Å². The minimum atomic E-state index is -1.26. The van der Waals surface area contributed by atoms with Crippen LogP contribution in [0.2, 0.25) is 0 Å². The van der Waals surface area contributed by atoms with Crippen molar-refractivity contribution in [2.45, 2.75) is 51.2 Å². The Kier molecular flexibility index (Phi) is 4.64. The number of carbonyl (C=O) groups is 1. The molecule has 0 aromatic carbocycles. The van der Waals surface area contributed by atoms with E-state index in [2.05, 4.69) is 15.6 Å². The third-order valence-corrected chi connectivity index (χ3v) is 5.15. The summed E-state index contributed by atoms with van der Waals surface area (Å²) in [6.45, 7) is 5.38. The van der Waals surface area contributed by atoms with Gasteiger partial charge in [-0.15, -0.1) is 11.3 Å². The summed E-state index contributed by atoms with van der Waals surface area (Å²) < 4.78 is 5.43. The molecule has 1 aliphatic carbocycles. The predicted octanol–water partition coefficient (Wildman–Crippen LogP) is 3.19. The van der Waals surface area contributed by atoms with Gasteiger partial charge in [0, 0.05) is 11.3 Å². The molecule has 2 heterocycles. The zero-order valence-corrected chi connectivity index (χ0v) is 14.9. The van der Waals surface area contributed by atoms with Crippen molar-refractivity contribution in [3.63, 3.8) is 0 Å². The number of nitrogens with one attached hydrogen (secondary N) is 2. The number of amides is 2. The smallest absolute Gasteiger partial charge is 0.315 e. The van der Waals surface area contributed by atoms with Crippen LogP contribution in [0, 0.1) is 6.92 Å². The summed E-state index contributed by atoms with van der Waals surface area (Å²) in [5, 5.41) is 19.1. The third-order valence-electron chi connectivity index (χ3n) is 4.12. The van der Waals surface area contributed by atoms with Crippen LogP contribution in [-0.2, 0) is 5.60 Å². The zero-order chi connectivity index (χ0) is 17.3. The van der Waals surface area contributed by atoms with Gasteiger partial charge in [-0.3, -0.25) is 0 Å². The van der Waals surface area contributed by atoms with E-state index >= 15 is 0 Å². The van der Waals surface area contributed by atoms with E-state index in [1.807, 2.05) is 19.2 Å². The second-order valence-electron chi connectivity index (χ2n) is 6.62. The molecule has 2 aromatic heterocycles. The monoisotopic (exact) mass is 349 g/mol. The molecule has 0 radical (unpaired) electrons. The zero-order valence-electron chi connectivity index (χ0n) is 14.1. The molecule has 1 saturated carbocycles. The van der Waals surface area contributed by atoms with Crippen LogP contribution in [0.1, 0.15) is 60.9 Å². The standard InChI is InChI=1S/C17H23N3O3S/c1-10-4-7-14(23-10)17(3,22)9-18-16(21)19-11(2)13-8-24-15(20-13)12-5-6-12/h4,7-8,11-12,22H,5-6,9H2,1-3H3,(H2,18,19,21)/t11-,17-/m1/s1. The van der Waals surface area contributed by atoms with Gasteiger partial charge in [0.25, 0.3) is 0 Å². The van der Waals surface area contributed by atoms with Crippen LogP contribution in [0.4, 0.5) is 4.79 Å². The number of aliphatic hydroxyl groups is 1. The maximum absolute atomic E-state index is 12.1. The Morgan fingerprint density at radius 3 is 2.92 bits per heavy atom. The summed E-state index contributed by atoms with van der Waals surface area (Å²) in [4.78, 5) is 16.7. The van der Waals surface area contributed by atoms with Gasteiger partial charge in [0.15, 0.2) is 0 Å². The highest BCUT2D eigenvalue weighted by atomic mass is 32.1. The van der Waals surface area contributed by atoms with Gasteiger partial charge in [0.05, 0.1) is 23.3 Å². The Balaban J connectivity index is 1.51. The quantitative estimate of drug-likeness (QED) is 0.747. The molecule has 2 amide bonds. The average molecular weight is 349 g/mol. The first kappa shape index (κ1) is 17.0. The van der Waals surface area contributed by atoms with Crippen molar-refractivity contribution in [3.8, 4) is 0 Å². The highest BCUT2D eigenvalue weighted by Crippen LogP contribution is 2.41. The lowest BCUT2D eigenvalue weighted by atomic mass is 10.0. The number of nitrogens with zero attached hydrogens (tertiary/aromatic N) is 1. The van der Waals surface area contributed by atoms with Crippen LogP contribution in [-0.4, -0.2) is 22.7 Å². The first-order chi connectivity index (χ1) is 11.3. The molecule has 3 N–H and O–H groups in total. The summed E-state index contributed by atoms with van der Waals surface area (Å²) in [7, 11) is 0. The Morgan fingerprint density at radius 1 is 1.54 bits per heavy atom. The second kappa shape index (κ2) is 6.57. The van der Waals surface area contributed by atoms with E-state index in [9.17, 15) is 9.90 Å². The van der Waals surface area contributed by atoms with E-state index in [0.717, 1.165) is 16.5 Å². The molecule has 3 rings (SSSR count). The van der Waals surface area contributed by atoms with E-state index in [0.29, 0.717) is 11.7 Å². The van der Waals surface area contributed by atoms with Crippen LogP contribution in [0.3, 0.4) is 0 Å². The van der Waals surface area contributed by atoms with Crippen molar-refractivity contribution in [1.29, 1.82) is 0 Å². The molecule has 1 fully saturated rings. The highest BCUT2D eigenvalue weighted by molar-refractivity contribution is 7.09. The maximum atomic E-state index is 12.1. The van der Waals surface area contributed by atoms with Crippen molar-refractivity contribution < 1.29 is 14.3 Å². The first-order valence-electron chi connectivity index (χ1n) is 8.14. The summed E-state index contributed by atoms with van der Waals surface area (Å²) in [5.74, 6) is 1.77. The molecule has 130 valence electrons. The molecule has 0 unspecified atom stereocenters. The van der Waals surface area contributed by atoms with Gasteiger partial charge in [-0.1, -0.05) is 0 Å². The molecule has 7 heteroatoms. The average Bonchev–Trinajstić information content (AvgIpc) is 3.08. The third kappa shape index (κ3) is 3.96. The van der Waals surface area contributed by atoms with Gasteiger partial charge >= 0.3 is 6.03 Å². The van der Waals surface area contributed by atoms with E-state index in [4.69, 9.17) is 4.42 Å². The Labute approximate surface area is 145 Å². The number of aromatic nitrogens is 1. The molecule has 2 aromatic rings. The van der Waals surface area contributed by atoms with E-state index in [1.165, 1.54) is 12.8 Å². The summed E-state index contributed by atoms with van der Waals surface area (Å²) in [6, 6.07) is 2.98. The Bertz CT molecular complexity index is 718. The van der Waals surface area contributed by atoms with Crippen molar-refractivity contribution in [2.75, 3.05) is 6.54 Å². The second-order valence-corrected chi connectivity index (χ2v) is 7.51. The number of hydrogen-bond acceptors (Lipinski definition) is 5. The maximum Gasteiger partial charge on any atom is 0.315 e. The normalized spacial score (nSPS) is 18.0. The fourth-order valence-corrected chi connectivity index (χ4v) is 3.49. The van der Waals surface area contributed by atoms with Gasteiger partial charge in [0.2, 0.25) is 0 Å². The fraction of sp³-hybridized carbons (Fsp3) is 0.529. The largest absolute Gasteiger partial charge is 0.463 e. The molecular formula is C17H23N3O3S. The van der Waals surface area contributed by atoms with Crippen LogP contribution < -0.4 is 10.6 Å². The van der Waals surface area contributed by atoms with E-state index in [1.54, 1.807) is 30.4 Å². The van der Waals surface area contributed by atoms with Crippen LogP contribution in [0.5, 0.6) is 0 Å². The first-order valence-corrected chi connectivity index (χ1v) is 9.02. The lowest BCUT2D eigenvalue weighted by molar-refractivity contribution is 0.0359. The van der Waals surface area contributed by atoms with Crippen LogP contribution in [0.25, 0.3) is 0 Å². The number of hydrogen-bond donors (Lipinski definition) is 3. The van der Waals surface area contributed by atoms with Crippen molar-refractivity contribution >= 4 is 17.4 Å². The van der Waals surface area contributed by atoms with Gasteiger partial charge in [-0.25, -0.2) is 9.78 Å². The topological polar surface area (TPSA) is 87.4 Å². The molecule has 0 spiro atoms. The number of aryl methyl sites for hydroxylation is 1. The highest BCUT2D eigenvalue weighted by Gasteiger charge is 2.29. The number of carbonyl (C=O) groups excluding carboxylic acids is 1. The predicted molar refractivity (Wildman–Crippen MR) is 92.1 cm³/mol. The summed E-state index contributed by atoms with van der Waals surface area (Å²) in [6.07, 6.45) is 2.44. The molecule has 0 bridgehead atoms. The Hall–Kier alpha value is -1.86. The van der Waals surface area contributed by atoms with Crippen LogP contribution in [0.15, 0.2) is 21.9 Å². The van der Waals surface area contributed by atoms with Gasteiger partial charge in [0.1, 0.15) is 17.1 Å².